The maximum atomic E-state index is 14.7. The zero-order valence-corrected chi connectivity index (χ0v) is 22.0. The van der Waals surface area contributed by atoms with Crippen LogP contribution >= 0.6 is 0 Å². The van der Waals surface area contributed by atoms with Crippen molar-refractivity contribution in [2.45, 2.75) is 51.6 Å². The summed E-state index contributed by atoms with van der Waals surface area (Å²) in [5.74, 6) is 0.738. The number of fused-ring (bicyclic) bond motifs is 1. The SMILES string of the molecule is CN1CCC(c2cc(Nc3ncnc4[nH]c(C5=CCN(C(=O)OC(C)(C)C)CC5)cc34)ccc2F)CC1. The quantitative estimate of drug-likeness (QED) is 0.474. The lowest BCUT2D eigenvalue weighted by Crippen LogP contribution is -2.39. The van der Waals surface area contributed by atoms with Gasteiger partial charge < -0.3 is 24.8 Å². The number of rotatable bonds is 4. The van der Waals surface area contributed by atoms with Gasteiger partial charge in [0.2, 0.25) is 0 Å². The molecular weight excluding hydrogens is 471 g/mol. The number of hydrogen-bond donors (Lipinski definition) is 2. The van der Waals surface area contributed by atoms with Crippen LogP contribution in [0.25, 0.3) is 16.6 Å². The molecule has 0 bridgehead atoms. The summed E-state index contributed by atoms with van der Waals surface area (Å²) < 4.78 is 20.2. The minimum atomic E-state index is -0.515. The van der Waals surface area contributed by atoms with E-state index in [-0.39, 0.29) is 17.8 Å². The van der Waals surface area contributed by atoms with Crippen molar-refractivity contribution in [1.82, 2.24) is 24.8 Å². The Bertz CT molecular complexity index is 1320. The molecule has 0 radical (unpaired) electrons. The fourth-order valence-electron chi connectivity index (χ4n) is 5.01. The monoisotopic (exact) mass is 506 g/mol. The first-order valence-electron chi connectivity index (χ1n) is 12.9. The lowest BCUT2D eigenvalue weighted by molar-refractivity contribution is 0.0270. The Hall–Kier alpha value is -3.46. The van der Waals surface area contributed by atoms with Crippen LogP contribution in [0, 0.1) is 5.82 Å². The van der Waals surface area contributed by atoms with Gasteiger partial charge in [0.05, 0.1) is 5.39 Å². The highest BCUT2D eigenvalue weighted by atomic mass is 19.1. The van der Waals surface area contributed by atoms with E-state index >= 15 is 0 Å². The topological polar surface area (TPSA) is 86.4 Å². The largest absolute Gasteiger partial charge is 0.444 e. The smallest absolute Gasteiger partial charge is 0.410 e. The van der Waals surface area contributed by atoms with Gasteiger partial charge in [0, 0.05) is 24.5 Å². The van der Waals surface area contributed by atoms with Crippen LogP contribution in [0.5, 0.6) is 0 Å². The number of aromatic nitrogens is 3. The molecule has 0 spiro atoms. The van der Waals surface area contributed by atoms with E-state index in [2.05, 4.69) is 32.2 Å². The summed E-state index contributed by atoms with van der Waals surface area (Å²) in [6.07, 6.45) is 5.89. The number of nitrogens with zero attached hydrogens (tertiary/aromatic N) is 4. The average Bonchev–Trinajstić information content (AvgIpc) is 3.30. The molecule has 0 aliphatic carbocycles. The van der Waals surface area contributed by atoms with Crippen molar-refractivity contribution >= 4 is 34.2 Å². The molecule has 5 rings (SSSR count). The minimum absolute atomic E-state index is 0.151. The van der Waals surface area contributed by atoms with Crippen molar-refractivity contribution in [1.29, 1.82) is 0 Å². The van der Waals surface area contributed by atoms with E-state index in [0.717, 1.165) is 59.5 Å². The first kappa shape index (κ1) is 25.2. The van der Waals surface area contributed by atoms with Gasteiger partial charge in [-0.15, -0.1) is 0 Å². The first-order chi connectivity index (χ1) is 17.7. The molecule has 37 heavy (non-hydrogen) atoms. The van der Waals surface area contributed by atoms with Crippen molar-refractivity contribution in [3.05, 3.63) is 53.7 Å². The van der Waals surface area contributed by atoms with Crippen molar-refractivity contribution in [2.24, 2.45) is 0 Å². The van der Waals surface area contributed by atoms with E-state index in [1.54, 1.807) is 17.0 Å². The summed E-state index contributed by atoms with van der Waals surface area (Å²) in [6.45, 7) is 8.64. The Morgan fingerprint density at radius 3 is 2.65 bits per heavy atom. The van der Waals surface area contributed by atoms with Crippen molar-refractivity contribution < 1.29 is 13.9 Å². The van der Waals surface area contributed by atoms with Gasteiger partial charge >= 0.3 is 6.09 Å². The third kappa shape index (κ3) is 5.77. The maximum Gasteiger partial charge on any atom is 0.410 e. The number of anilines is 2. The predicted octanol–water partition coefficient (Wildman–Crippen LogP) is 5.67. The van der Waals surface area contributed by atoms with E-state index in [1.807, 2.05) is 39.0 Å². The summed E-state index contributed by atoms with van der Waals surface area (Å²) in [6, 6.07) is 7.25. The molecule has 2 aliphatic heterocycles. The highest BCUT2D eigenvalue weighted by Gasteiger charge is 2.25. The third-order valence-corrected chi connectivity index (χ3v) is 7.05. The maximum absolute atomic E-state index is 14.7. The van der Waals surface area contributed by atoms with E-state index in [1.165, 1.54) is 6.33 Å². The summed E-state index contributed by atoms with van der Waals surface area (Å²) in [4.78, 5) is 28.7. The molecule has 9 heteroatoms. The van der Waals surface area contributed by atoms with Crippen LogP contribution in [0.15, 0.2) is 36.7 Å². The van der Waals surface area contributed by atoms with Crippen molar-refractivity contribution in [3.8, 4) is 0 Å². The number of ether oxygens (including phenoxy) is 1. The number of halogens is 1. The summed E-state index contributed by atoms with van der Waals surface area (Å²) >= 11 is 0. The third-order valence-electron chi connectivity index (χ3n) is 7.05. The van der Waals surface area contributed by atoms with Crippen LogP contribution in [0.3, 0.4) is 0 Å². The van der Waals surface area contributed by atoms with Crippen LogP contribution in [0.1, 0.15) is 57.2 Å². The fraction of sp³-hybridized carbons (Fsp3) is 0.464. The number of nitrogens with one attached hydrogen (secondary N) is 2. The second-order valence-electron chi connectivity index (χ2n) is 11.0. The number of amides is 1. The Balaban J connectivity index is 1.34. The van der Waals surface area contributed by atoms with Gasteiger partial charge in [-0.3, -0.25) is 0 Å². The molecule has 2 aromatic heterocycles. The second kappa shape index (κ2) is 10.1. The Kier molecular flexibility index (Phi) is 6.90. The zero-order chi connectivity index (χ0) is 26.2. The Labute approximate surface area is 216 Å². The highest BCUT2D eigenvalue weighted by molar-refractivity contribution is 5.92. The molecule has 1 amide bonds. The van der Waals surface area contributed by atoms with Crippen LogP contribution in [-0.2, 0) is 4.74 Å². The molecule has 1 saturated heterocycles. The molecular formula is C28H35FN6O2. The number of hydrogen-bond acceptors (Lipinski definition) is 6. The number of carbonyl (C=O) groups is 1. The first-order valence-corrected chi connectivity index (χ1v) is 12.9. The van der Waals surface area contributed by atoms with Crippen LogP contribution in [-0.4, -0.2) is 69.7 Å². The van der Waals surface area contributed by atoms with Gasteiger partial charge in [-0.1, -0.05) is 6.08 Å². The molecule has 2 N–H and O–H groups in total. The minimum Gasteiger partial charge on any atom is -0.444 e. The molecule has 0 saturated carbocycles. The van der Waals surface area contributed by atoms with Gasteiger partial charge in [0.1, 0.15) is 29.2 Å². The van der Waals surface area contributed by atoms with Crippen molar-refractivity contribution in [2.75, 3.05) is 38.5 Å². The van der Waals surface area contributed by atoms with E-state index in [9.17, 15) is 9.18 Å². The Morgan fingerprint density at radius 1 is 1.16 bits per heavy atom. The summed E-state index contributed by atoms with van der Waals surface area (Å²) in [5, 5.41) is 4.24. The summed E-state index contributed by atoms with van der Waals surface area (Å²) in [7, 11) is 2.11. The van der Waals surface area contributed by atoms with Gasteiger partial charge in [-0.2, -0.15) is 0 Å². The van der Waals surface area contributed by atoms with Gasteiger partial charge in [0.25, 0.3) is 0 Å². The van der Waals surface area contributed by atoms with Gasteiger partial charge in [0.15, 0.2) is 0 Å². The molecule has 8 nitrogen and oxygen atoms in total. The standard InChI is InChI=1S/C28H35FN6O2/c1-28(2,3)37-27(36)35-13-9-19(10-14-35)24-16-22-25(30-17-31-26(22)33-24)32-20-5-6-23(29)21(15-20)18-7-11-34(4)12-8-18/h5-6,9,15-18H,7-8,10-14H2,1-4H3,(H2,30,31,32,33). The Morgan fingerprint density at radius 2 is 1.95 bits per heavy atom. The predicted molar refractivity (Wildman–Crippen MR) is 143 cm³/mol. The molecule has 0 unspecified atom stereocenters. The number of benzene rings is 1. The number of aromatic amines is 1. The lowest BCUT2D eigenvalue weighted by atomic mass is 9.89. The highest BCUT2D eigenvalue weighted by Crippen LogP contribution is 2.33. The number of H-pyrrole nitrogens is 1. The molecule has 196 valence electrons. The van der Waals surface area contributed by atoms with Crippen LogP contribution in [0.2, 0.25) is 0 Å². The lowest BCUT2D eigenvalue weighted by Gasteiger charge is -2.29. The van der Waals surface area contributed by atoms with E-state index < -0.39 is 5.60 Å². The molecule has 2 aliphatic rings. The normalized spacial score (nSPS) is 17.6. The molecule has 3 aromatic rings. The molecule has 0 atom stereocenters. The number of piperidine rings is 1. The van der Waals surface area contributed by atoms with E-state index in [4.69, 9.17) is 4.74 Å². The summed E-state index contributed by atoms with van der Waals surface area (Å²) in [5.41, 5.74) is 3.85. The average molecular weight is 507 g/mol. The number of carbonyl (C=O) groups excluding carboxylic acids is 1. The van der Waals surface area contributed by atoms with Crippen molar-refractivity contribution in [3.63, 3.8) is 0 Å². The molecule has 4 heterocycles. The second-order valence-corrected chi connectivity index (χ2v) is 11.0. The fourth-order valence-corrected chi connectivity index (χ4v) is 5.01. The number of likely N-dealkylation sites (tertiary alicyclic amines) is 1. The molecule has 1 fully saturated rings. The molecule has 1 aromatic carbocycles. The van der Waals surface area contributed by atoms with Crippen LogP contribution in [0.4, 0.5) is 20.7 Å². The van der Waals surface area contributed by atoms with Crippen LogP contribution < -0.4 is 5.32 Å². The van der Waals surface area contributed by atoms with E-state index in [0.29, 0.717) is 25.3 Å². The van der Waals surface area contributed by atoms with Gasteiger partial charge in [-0.25, -0.2) is 19.2 Å². The zero-order valence-electron chi connectivity index (χ0n) is 22.0. The van der Waals surface area contributed by atoms with Gasteiger partial charge in [-0.05, 0) is 101 Å².